The fourth-order valence-corrected chi connectivity index (χ4v) is 6.81. The molecule has 0 bridgehead atoms. The first-order chi connectivity index (χ1) is 22.0. The summed E-state index contributed by atoms with van der Waals surface area (Å²) < 4.78 is 12.4. The van der Waals surface area contributed by atoms with Crippen molar-refractivity contribution in [3.8, 4) is 23.0 Å². The Morgan fingerprint density at radius 1 is 0.522 bits per heavy atom. The number of benzene rings is 4. The lowest BCUT2D eigenvalue weighted by atomic mass is 9.75. The van der Waals surface area contributed by atoms with Crippen LogP contribution in [0.3, 0.4) is 0 Å². The van der Waals surface area contributed by atoms with E-state index in [1.165, 1.54) is 29.9 Å². The summed E-state index contributed by atoms with van der Waals surface area (Å²) in [7, 11) is 0. The van der Waals surface area contributed by atoms with Crippen LogP contribution in [0.15, 0.2) is 115 Å². The first-order valence-corrected chi connectivity index (χ1v) is 15.0. The molecule has 0 N–H and O–H groups in total. The molecule has 1 unspecified atom stereocenters. The van der Waals surface area contributed by atoms with E-state index in [2.05, 4.69) is 45.0 Å². The minimum absolute atomic E-state index is 0.0824. The minimum Gasteiger partial charge on any atom is -0.457 e. The van der Waals surface area contributed by atoms with Crippen molar-refractivity contribution in [1.29, 1.82) is 0 Å². The Morgan fingerprint density at radius 2 is 0.978 bits per heavy atom. The summed E-state index contributed by atoms with van der Waals surface area (Å²) in [5.74, 6) is 0.790. The number of amides is 4. The quantitative estimate of drug-likeness (QED) is 0.207. The van der Waals surface area contributed by atoms with Crippen molar-refractivity contribution >= 4 is 35.0 Å². The molecule has 7 rings (SSSR count). The predicted molar refractivity (Wildman–Crippen MR) is 173 cm³/mol. The molecule has 8 heteroatoms. The molecular weight excluding hydrogens is 580 g/mol. The molecular formula is C38H30N2O6. The zero-order valence-corrected chi connectivity index (χ0v) is 25.5. The Kier molecular flexibility index (Phi) is 6.74. The maximum Gasteiger partial charge on any atom is 0.258 e. The largest absolute Gasteiger partial charge is 0.457 e. The summed E-state index contributed by atoms with van der Waals surface area (Å²) in [5, 5.41) is 0. The Labute approximate surface area is 266 Å². The van der Waals surface area contributed by atoms with Gasteiger partial charge >= 0.3 is 0 Å². The van der Waals surface area contributed by atoms with Crippen molar-refractivity contribution in [1.82, 2.24) is 0 Å². The number of rotatable bonds is 7. The van der Waals surface area contributed by atoms with Gasteiger partial charge in [0.15, 0.2) is 0 Å². The summed E-state index contributed by atoms with van der Waals surface area (Å²) in [5.41, 5.74) is 4.03. The van der Waals surface area contributed by atoms with Crippen molar-refractivity contribution in [3.05, 3.63) is 132 Å². The molecule has 4 aromatic carbocycles. The third-order valence-electron chi connectivity index (χ3n) is 8.84. The Hall–Kier alpha value is -5.76. The zero-order chi connectivity index (χ0) is 32.2. The van der Waals surface area contributed by atoms with Crippen molar-refractivity contribution in [3.63, 3.8) is 0 Å². The summed E-state index contributed by atoms with van der Waals surface area (Å²) in [6.45, 7) is 6.73. The fourth-order valence-electron chi connectivity index (χ4n) is 6.81. The first-order valence-electron chi connectivity index (χ1n) is 15.0. The van der Waals surface area contributed by atoms with Crippen LogP contribution in [0.4, 0.5) is 11.4 Å². The second-order valence-corrected chi connectivity index (χ2v) is 12.5. The van der Waals surface area contributed by atoms with Crippen LogP contribution in [0.5, 0.6) is 23.0 Å². The molecule has 4 aromatic rings. The van der Waals surface area contributed by atoms with Gasteiger partial charge in [-0.3, -0.25) is 19.2 Å². The lowest BCUT2D eigenvalue weighted by Crippen LogP contribution is -2.29. The average Bonchev–Trinajstić information content (AvgIpc) is 3.62. The Balaban J connectivity index is 1.13. The van der Waals surface area contributed by atoms with E-state index in [4.69, 9.17) is 9.47 Å². The molecule has 1 aliphatic carbocycles. The van der Waals surface area contributed by atoms with Crippen molar-refractivity contribution < 1.29 is 28.7 Å². The van der Waals surface area contributed by atoms with Gasteiger partial charge in [0.2, 0.25) is 0 Å². The number of anilines is 2. The number of fused-ring (bicyclic) bond motifs is 1. The predicted octanol–water partition coefficient (Wildman–Crippen LogP) is 7.12. The van der Waals surface area contributed by atoms with Crippen LogP contribution >= 0.6 is 0 Å². The summed E-state index contributed by atoms with van der Waals surface area (Å²) in [4.78, 5) is 50.9. The number of ether oxygens (including phenoxy) is 2. The van der Waals surface area contributed by atoms with Crippen molar-refractivity contribution in [2.45, 2.75) is 38.0 Å². The number of hydrogen-bond donors (Lipinski definition) is 0. The average molecular weight is 611 g/mol. The zero-order valence-electron chi connectivity index (χ0n) is 25.5. The number of nitrogens with zero attached hydrogens (tertiary/aromatic N) is 2. The number of carbonyl (C=O) groups is 4. The molecule has 0 spiro atoms. The third-order valence-corrected chi connectivity index (χ3v) is 8.84. The van der Waals surface area contributed by atoms with E-state index in [-0.39, 0.29) is 34.5 Å². The Morgan fingerprint density at radius 3 is 1.50 bits per heavy atom. The lowest BCUT2D eigenvalue weighted by Gasteiger charge is -2.28. The van der Waals surface area contributed by atoms with Gasteiger partial charge in [-0.1, -0.05) is 51.1 Å². The van der Waals surface area contributed by atoms with Gasteiger partial charge < -0.3 is 9.47 Å². The van der Waals surface area contributed by atoms with Crippen LogP contribution in [0, 0.1) is 0 Å². The second-order valence-electron chi connectivity index (χ2n) is 12.5. The molecule has 0 radical (unpaired) electrons. The standard InChI is InChI=1S/C38H30N2O6/c1-37(2)23-38(3,24-10-12-27(13-11-24)45-28-8-4-6-25(20-28)39-33(41)16-17-34(39)42)32-22-30(14-15-31(32)37)46-29-9-5-7-26(21-29)40-35(43)18-19-36(40)44/h4-22H,23H2,1-3H3. The van der Waals surface area contributed by atoms with E-state index in [0.29, 0.717) is 34.4 Å². The van der Waals surface area contributed by atoms with E-state index < -0.39 is 0 Å². The molecule has 0 saturated heterocycles. The molecule has 8 nitrogen and oxygen atoms in total. The molecule has 1 atom stereocenters. The molecule has 2 heterocycles. The van der Waals surface area contributed by atoms with Gasteiger partial charge in [0.25, 0.3) is 23.6 Å². The normalized spacial score (nSPS) is 19.7. The minimum atomic E-state index is -0.380. The van der Waals surface area contributed by atoms with E-state index >= 15 is 0 Å². The van der Waals surface area contributed by atoms with Crippen LogP contribution in [-0.2, 0) is 30.0 Å². The Bertz CT molecular complexity index is 1970. The molecule has 0 fully saturated rings. The van der Waals surface area contributed by atoms with Crippen molar-refractivity contribution in [2.24, 2.45) is 0 Å². The monoisotopic (exact) mass is 610 g/mol. The first kappa shape index (κ1) is 29.0. The van der Waals surface area contributed by atoms with E-state index in [0.717, 1.165) is 27.3 Å². The van der Waals surface area contributed by atoms with Crippen LogP contribution in [0.2, 0.25) is 0 Å². The van der Waals surface area contributed by atoms with Gasteiger partial charge in [-0.05, 0) is 77.1 Å². The maximum absolute atomic E-state index is 12.2. The summed E-state index contributed by atoms with van der Waals surface area (Å²) in [6.07, 6.45) is 5.91. The van der Waals surface area contributed by atoms with Gasteiger partial charge in [-0.15, -0.1) is 0 Å². The topological polar surface area (TPSA) is 93.2 Å². The van der Waals surface area contributed by atoms with Crippen LogP contribution < -0.4 is 19.3 Å². The van der Waals surface area contributed by atoms with E-state index in [9.17, 15) is 19.2 Å². The highest BCUT2D eigenvalue weighted by atomic mass is 16.5. The van der Waals surface area contributed by atoms with Crippen LogP contribution in [0.1, 0.15) is 43.9 Å². The highest BCUT2D eigenvalue weighted by molar-refractivity contribution is 6.28. The fraction of sp³-hybridized carbons (Fsp3) is 0.158. The second kappa shape index (κ2) is 10.7. The molecule has 0 saturated carbocycles. The highest BCUT2D eigenvalue weighted by Gasteiger charge is 2.46. The molecule has 228 valence electrons. The van der Waals surface area contributed by atoms with Crippen LogP contribution in [-0.4, -0.2) is 23.6 Å². The molecule has 4 amide bonds. The van der Waals surface area contributed by atoms with Crippen LogP contribution in [0.25, 0.3) is 0 Å². The number of hydrogen-bond acceptors (Lipinski definition) is 6. The van der Waals surface area contributed by atoms with Crippen molar-refractivity contribution in [2.75, 3.05) is 9.80 Å². The van der Waals surface area contributed by atoms with E-state index in [1.807, 2.05) is 18.2 Å². The third kappa shape index (κ3) is 4.98. The highest BCUT2D eigenvalue weighted by Crippen LogP contribution is 2.54. The van der Waals surface area contributed by atoms with Gasteiger partial charge in [0, 0.05) is 41.9 Å². The molecule has 2 aliphatic heterocycles. The van der Waals surface area contributed by atoms with Gasteiger partial charge in [0.05, 0.1) is 11.4 Å². The van der Waals surface area contributed by atoms with Gasteiger partial charge in [-0.25, -0.2) is 9.80 Å². The molecule has 3 aliphatic rings. The van der Waals surface area contributed by atoms with E-state index in [1.54, 1.807) is 48.5 Å². The van der Waals surface area contributed by atoms with Gasteiger partial charge in [0.1, 0.15) is 23.0 Å². The SMILES string of the molecule is CC1(C)CC(C)(c2ccc(Oc3cccc(N4C(=O)C=CC4=O)c3)cc2)c2cc(Oc3cccc(N4C(=O)C=CC4=O)c3)ccc21. The molecule has 0 aromatic heterocycles. The summed E-state index contributed by atoms with van der Waals surface area (Å²) in [6, 6.07) is 28.0. The number of imide groups is 2. The number of carbonyl (C=O) groups excluding carboxylic acids is 4. The lowest BCUT2D eigenvalue weighted by molar-refractivity contribution is -0.121. The smallest absolute Gasteiger partial charge is 0.258 e. The maximum atomic E-state index is 12.2. The van der Waals surface area contributed by atoms with Gasteiger partial charge in [-0.2, -0.15) is 0 Å². The molecule has 46 heavy (non-hydrogen) atoms. The summed E-state index contributed by atoms with van der Waals surface area (Å²) >= 11 is 0.